The maximum atomic E-state index is 13.4. The number of aromatic nitrogens is 5. The van der Waals surface area contributed by atoms with Gasteiger partial charge in [0.15, 0.2) is 0 Å². The van der Waals surface area contributed by atoms with E-state index >= 15 is 0 Å². The van der Waals surface area contributed by atoms with Gasteiger partial charge in [0.05, 0.1) is 5.69 Å². The lowest BCUT2D eigenvalue weighted by Gasteiger charge is -2.19. The number of urea groups is 1. The summed E-state index contributed by atoms with van der Waals surface area (Å²) in [6, 6.07) is 23.8. The van der Waals surface area contributed by atoms with Crippen LogP contribution in [0.25, 0.3) is 11.8 Å². The number of rotatable bonds is 11. The molecule has 46 heavy (non-hydrogen) atoms. The quantitative estimate of drug-likeness (QED) is 0.177. The van der Waals surface area contributed by atoms with Gasteiger partial charge in [-0.05, 0) is 76.2 Å². The lowest BCUT2D eigenvalue weighted by molar-refractivity contribution is -0.123. The van der Waals surface area contributed by atoms with Gasteiger partial charge in [-0.3, -0.25) is 14.6 Å². The zero-order chi connectivity index (χ0) is 32.3. The number of benzene rings is 3. The number of pyridine rings is 1. The largest absolute Gasteiger partial charge is 0.340 e. The highest BCUT2D eigenvalue weighted by Crippen LogP contribution is 2.20. The minimum absolute atomic E-state index is 0.261. The second-order valence-electron chi connectivity index (χ2n) is 10.3. The molecule has 1 atom stereocenters. The highest BCUT2D eigenvalue weighted by atomic mass is 35.5. The molecule has 232 valence electrons. The van der Waals surface area contributed by atoms with Crippen LogP contribution in [0.4, 0.5) is 16.2 Å². The van der Waals surface area contributed by atoms with Crippen molar-refractivity contribution in [1.82, 2.24) is 35.4 Å². The van der Waals surface area contributed by atoms with Crippen LogP contribution in [0.2, 0.25) is 5.02 Å². The van der Waals surface area contributed by atoms with Gasteiger partial charge in [0.1, 0.15) is 12.4 Å². The summed E-state index contributed by atoms with van der Waals surface area (Å²) in [6.07, 6.45) is 7.99. The van der Waals surface area contributed by atoms with Crippen molar-refractivity contribution in [1.29, 1.82) is 0 Å². The van der Waals surface area contributed by atoms with E-state index in [4.69, 9.17) is 11.6 Å². The molecule has 12 nitrogen and oxygen atoms in total. The topological polar surface area (TPSA) is 147 Å². The normalized spacial score (nSPS) is 11.5. The molecule has 0 aliphatic heterocycles. The minimum atomic E-state index is -0.890. The van der Waals surface area contributed by atoms with Crippen molar-refractivity contribution in [2.75, 3.05) is 17.7 Å². The molecule has 5 rings (SSSR count). The van der Waals surface area contributed by atoms with E-state index in [0.29, 0.717) is 34.2 Å². The van der Waals surface area contributed by atoms with Crippen molar-refractivity contribution in [3.05, 3.63) is 131 Å². The van der Waals surface area contributed by atoms with Crippen molar-refractivity contribution >= 4 is 46.9 Å². The van der Waals surface area contributed by atoms with Crippen LogP contribution >= 0.6 is 11.6 Å². The van der Waals surface area contributed by atoms with Gasteiger partial charge in [0.2, 0.25) is 11.8 Å². The van der Waals surface area contributed by atoms with Gasteiger partial charge in [0.25, 0.3) is 0 Å². The monoisotopic (exact) mass is 635 g/mol. The third-order valence-electron chi connectivity index (χ3n) is 6.81. The first-order valence-corrected chi connectivity index (χ1v) is 14.6. The molecule has 0 saturated carbocycles. The minimum Gasteiger partial charge on any atom is -0.340 e. The van der Waals surface area contributed by atoms with E-state index < -0.39 is 17.9 Å². The SMILES string of the molecule is CN(Cc1cccnc1)C(=O)Nc1ccc(NC(=O)[C@H](Cc2ccccc2)NC(=O)C=Cc2cc(Cl)ccc2-n2cnnn2)cc1. The molecule has 0 aliphatic carbocycles. The molecule has 3 N–H and O–H groups in total. The fourth-order valence-corrected chi connectivity index (χ4v) is 4.69. The number of nitrogens with zero attached hydrogens (tertiary/aromatic N) is 6. The lowest BCUT2D eigenvalue weighted by atomic mass is 10.0. The molecule has 2 heterocycles. The average Bonchev–Trinajstić information content (AvgIpc) is 3.60. The molecular formula is C33H30ClN9O3. The Hall–Kier alpha value is -5.88. The summed E-state index contributed by atoms with van der Waals surface area (Å²) >= 11 is 6.19. The molecule has 2 aromatic heterocycles. The third-order valence-corrected chi connectivity index (χ3v) is 7.04. The molecule has 0 unspecified atom stereocenters. The molecule has 0 spiro atoms. The number of hydrogen-bond donors (Lipinski definition) is 3. The summed E-state index contributed by atoms with van der Waals surface area (Å²) in [4.78, 5) is 44.8. The Bertz CT molecular complexity index is 1800. The van der Waals surface area contributed by atoms with Crippen LogP contribution < -0.4 is 16.0 Å². The van der Waals surface area contributed by atoms with Crippen LogP contribution in [0.3, 0.4) is 0 Å². The number of hydrogen-bond acceptors (Lipinski definition) is 7. The Morgan fingerprint density at radius 3 is 2.37 bits per heavy atom. The van der Waals surface area contributed by atoms with E-state index in [1.165, 1.54) is 22.0 Å². The first-order chi connectivity index (χ1) is 22.3. The Morgan fingerprint density at radius 1 is 0.935 bits per heavy atom. The van der Waals surface area contributed by atoms with Gasteiger partial charge < -0.3 is 20.9 Å². The van der Waals surface area contributed by atoms with Crippen molar-refractivity contribution in [2.45, 2.75) is 19.0 Å². The summed E-state index contributed by atoms with van der Waals surface area (Å²) < 4.78 is 1.46. The fraction of sp³-hybridized carbons (Fsp3) is 0.121. The predicted octanol–water partition coefficient (Wildman–Crippen LogP) is 4.75. The van der Waals surface area contributed by atoms with Gasteiger partial charge in [-0.2, -0.15) is 4.68 Å². The second-order valence-corrected chi connectivity index (χ2v) is 10.7. The van der Waals surface area contributed by atoms with E-state index in [1.807, 2.05) is 42.5 Å². The molecule has 0 saturated heterocycles. The van der Waals surface area contributed by atoms with Crippen LogP contribution in [0.1, 0.15) is 16.7 Å². The van der Waals surface area contributed by atoms with Crippen molar-refractivity contribution in [2.24, 2.45) is 0 Å². The number of nitrogens with one attached hydrogen (secondary N) is 3. The Kier molecular flexibility index (Phi) is 10.4. The first kappa shape index (κ1) is 31.5. The second kappa shape index (κ2) is 15.2. The first-order valence-electron chi connectivity index (χ1n) is 14.2. The van der Waals surface area contributed by atoms with Crippen LogP contribution in [0.5, 0.6) is 0 Å². The van der Waals surface area contributed by atoms with Crippen LogP contribution in [-0.4, -0.2) is 61.0 Å². The van der Waals surface area contributed by atoms with Gasteiger partial charge in [-0.25, -0.2) is 4.79 Å². The number of anilines is 2. The van der Waals surface area contributed by atoms with Gasteiger partial charge >= 0.3 is 6.03 Å². The highest BCUT2D eigenvalue weighted by Gasteiger charge is 2.21. The standard InChI is InChI=1S/C33H30ClN9O3/c1-42(21-24-8-5-17-35-20-24)33(46)38-28-13-11-27(12-14-28)37-32(45)29(18-23-6-3-2-4-7-23)39-31(44)16-9-25-19-26(34)10-15-30(25)43-22-36-40-41-43/h2-17,19-20,22,29H,18,21H2,1H3,(H,37,45)(H,38,46)(H,39,44)/t29-/m0/s1. The van der Waals surface area contributed by atoms with Crippen molar-refractivity contribution < 1.29 is 14.4 Å². The Balaban J connectivity index is 1.24. The van der Waals surface area contributed by atoms with Crippen molar-refractivity contribution in [3.8, 4) is 5.69 Å². The van der Waals surface area contributed by atoms with E-state index in [2.05, 4.69) is 36.5 Å². The molecule has 0 radical (unpaired) electrons. The zero-order valence-electron chi connectivity index (χ0n) is 24.7. The van der Waals surface area contributed by atoms with Crippen molar-refractivity contribution in [3.63, 3.8) is 0 Å². The molecule has 0 fully saturated rings. The average molecular weight is 636 g/mol. The summed E-state index contributed by atoms with van der Waals surface area (Å²) in [5, 5.41) is 20.2. The summed E-state index contributed by atoms with van der Waals surface area (Å²) in [7, 11) is 1.69. The number of halogens is 1. The Labute approximate surface area is 270 Å². The molecule has 13 heteroatoms. The highest BCUT2D eigenvalue weighted by molar-refractivity contribution is 6.30. The number of tetrazole rings is 1. The summed E-state index contributed by atoms with van der Waals surface area (Å²) in [5.74, 6) is -0.886. The molecule has 3 aromatic carbocycles. The molecule has 5 aromatic rings. The lowest BCUT2D eigenvalue weighted by Crippen LogP contribution is -2.44. The van der Waals surface area contributed by atoms with Crippen LogP contribution in [0.15, 0.2) is 110 Å². The van der Waals surface area contributed by atoms with Gasteiger partial charge in [0, 0.05) is 60.4 Å². The van der Waals surface area contributed by atoms with E-state index in [9.17, 15) is 14.4 Å². The van der Waals surface area contributed by atoms with E-state index in [1.54, 1.807) is 68.0 Å². The van der Waals surface area contributed by atoms with Gasteiger partial charge in [-0.1, -0.05) is 48.0 Å². The fourth-order valence-electron chi connectivity index (χ4n) is 4.51. The summed E-state index contributed by atoms with van der Waals surface area (Å²) in [6.45, 7) is 0.400. The van der Waals surface area contributed by atoms with Crippen LogP contribution in [0, 0.1) is 0 Å². The summed E-state index contributed by atoms with van der Waals surface area (Å²) in [5.41, 5.74) is 4.06. The molecule has 0 bridgehead atoms. The molecule has 4 amide bonds. The Morgan fingerprint density at radius 2 is 1.67 bits per heavy atom. The maximum Gasteiger partial charge on any atom is 0.321 e. The molecular weight excluding hydrogens is 606 g/mol. The zero-order valence-corrected chi connectivity index (χ0v) is 25.5. The van der Waals surface area contributed by atoms with E-state index in [0.717, 1.165) is 11.1 Å². The molecule has 0 aliphatic rings. The van der Waals surface area contributed by atoms with E-state index in [-0.39, 0.29) is 12.5 Å². The predicted molar refractivity (Wildman–Crippen MR) is 175 cm³/mol. The smallest absolute Gasteiger partial charge is 0.321 e. The maximum absolute atomic E-state index is 13.4. The number of amides is 4. The third kappa shape index (κ3) is 8.83. The number of carbonyl (C=O) groups is 3. The van der Waals surface area contributed by atoms with Gasteiger partial charge in [-0.15, -0.1) is 5.10 Å². The number of carbonyl (C=O) groups excluding carboxylic acids is 3. The van der Waals surface area contributed by atoms with Crippen LogP contribution in [-0.2, 0) is 22.6 Å².